The van der Waals surface area contributed by atoms with E-state index in [1.165, 1.54) is 10.9 Å². The van der Waals surface area contributed by atoms with Crippen molar-refractivity contribution in [1.29, 1.82) is 0 Å². The van der Waals surface area contributed by atoms with Gasteiger partial charge in [-0.25, -0.2) is 0 Å². The fourth-order valence-corrected chi connectivity index (χ4v) is 3.84. The lowest BCUT2D eigenvalue weighted by Crippen LogP contribution is -1.98. The van der Waals surface area contributed by atoms with E-state index in [1.54, 1.807) is 0 Å². The standard InChI is InChI=1S/C17H13Br2N/c18-15-7-3-2-6-14(15)16(19)11-13-10-9-12-5-1-4-8-17(12)20-13/h1-10,16H,11H2. The minimum Gasteiger partial charge on any atom is -0.253 e. The molecule has 0 radical (unpaired) electrons. The minimum absolute atomic E-state index is 0.256. The van der Waals surface area contributed by atoms with E-state index in [0.717, 1.165) is 22.1 Å². The molecule has 0 aliphatic heterocycles. The number of para-hydroxylation sites is 1. The van der Waals surface area contributed by atoms with Gasteiger partial charge in [0.15, 0.2) is 0 Å². The van der Waals surface area contributed by atoms with Gasteiger partial charge >= 0.3 is 0 Å². The molecular formula is C17H13Br2N. The van der Waals surface area contributed by atoms with Gasteiger partial charge in [0.1, 0.15) is 0 Å². The maximum Gasteiger partial charge on any atom is 0.0705 e. The topological polar surface area (TPSA) is 12.9 Å². The largest absolute Gasteiger partial charge is 0.253 e. The van der Waals surface area contributed by atoms with Gasteiger partial charge in [-0.15, -0.1) is 0 Å². The second kappa shape index (κ2) is 6.06. The van der Waals surface area contributed by atoms with E-state index in [2.05, 4.69) is 74.3 Å². The third kappa shape index (κ3) is 2.94. The molecule has 3 rings (SSSR count). The number of hydrogen-bond acceptors (Lipinski definition) is 1. The number of aromatic nitrogens is 1. The third-order valence-electron chi connectivity index (χ3n) is 3.29. The molecule has 0 spiro atoms. The maximum atomic E-state index is 4.73. The summed E-state index contributed by atoms with van der Waals surface area (Å²) in [6, 6.07) is 20.7. The molecule has 1 aromatic heterocycles. The zero-order valence-electron chi connectivity index (χ0n) is 10.8. The zero-order chi connectivity index (χ0) is 13.9. The third-order valence-corrected chi connectivity index (χ3v) is 4.83. The summed E-state index contributed by atoms with van der Waals surface area (Å²) < 4.78 is 1.13. The van der Waals surface area contributed by atoms with Crippen molar-refractivity contribution in [2.45, 2.75) is 11.2 Å². The Balaban J connectivity index is 1.87. The highest BCUT2D eigenvalue weighted by Crippen LogP contribution is 2.32. The van der Waals surface area contributed by atoms with Crippen LogP contribution >= 0.6 is 31.9 Å². The monoisotopic (exact) mass is 389 g/mol. The van der Waals surface area contributed by atoms with E-state index in [0.29, 0.717) is 0 Å². The number of nitrogens with zero attached hydrogens (tertiary/aromatic N) is 1. The van der Waals surface area contributed by atoms with Gasteiger partial charge in [0.25, 0.3) is 0 Å². The molecule has 2 aromatic carbocycles. The lowest BCUT2D eigenvalue weighted by molar-refractivity contribution is 0.909. The summed E-state index contributed by atoms with van der Waals surface area (Å²) in [5.41, 5.74) is 3.40. The molecule has 1 unspecified atom stereocenters. The van der Waals surface area contributed by atoms with Gasteiger partial charge in [-0.3, -0.25) is 4.98 Å². The molecule has 0 N–H and O–H groups in total. The molecule has 1 heterocycles. The second-order valence-corrected chi connectivity index (χ2v) is 6.65. The van der Waals surface area contributed by atoms with E-state index in [-0.39, 0.29) is 4.83 Å². The Labute approximate surface area is 135 Å². The minimum atomic E-state index is 0.256. The van der Waals surface area contributed by atoms with Crippen molar-refractivity contribution in [1.82, 2.24) is 4.98 Å². The van der Waals surface area contributed by atoms with Crippen LogP contribution in [0, 0.1) is 0 Å². The molecule has 20 heavy (non-hydrogen) atoms. The fraction of sp³-hybridized carbons (Fsp3) is 0.118. The Morgan fingerprint density at radius 1 is 0.900 bits per heavy atom. The molecule has 0 fully saturated rings. The molecule has 3 aromatic rings. The van der Waals surface area contributed by atoms with Crippen LogP contribution < -0.4 is 0 Å². The second-order valence-electron chi connectivity index (χ2n) is 4.69. The molecule has 0 aliphatic rings. The van der Waals surface area contributed by atoms with E-state index < -0.39 is 0 Å². The first-order valence-corrected chi connectivity index (χ1v) is 8.18. The average molecular weight is 391 g/mol. The van der Waals surface area contributed by atoms with Crippen molar-refractivity contribution in [3.05, 3.63) is 76.4 Å². The Bertz CT molecular complexity index is 740. The van der Waals surface area contributed by atoms with Gasteiger partial charge in [-0.2, -0.15) is 0 Å². The van der Waals surface area contributed by atoms with Crippen LogP contribution in [0.1, 0.15) is 16.1 Å². The van der Waals surface area contributed by atoms with Crippen molar-refractivity contribution in [2.24, 2.45) is 0 Å². The number of rotatable bonds is 3. The Morgan fingerprint density at radius 2 is 1.65 bits per heavy atom. The first-order chi connectivity index (χ1) is 9.74. The smallest absolute Gasteiger partial charge is 0.0705 e. The lowest BCUT2D eigenvalue weighted by Gasteiger charge is -2.12. The Hall–Kier alpha value is -1.19. The number of benzene rings is 2. The number of fused-ring (bicyclic) bond motifs is 1. The molecule has 0 bridgehead atoms. The SMILES string of the molecule is Brc1ccccc1C(Br)Cc1ccc2ccccc2n1. The van der Waals surface area contributed by atoms with Crippen LogP contribution in [0.15, 0.2) is 65.1 Å². The van der Waals surface area contributed by atoms with Crippen molar-refractivity contribution in [2.75, 3.05) is 0 Å². The molecule has 1 nitrogen and oxygen atoms in total. The molecule has 0 amide bonds. The Morgan fingerprint density at radius 3 is 2.50 bits per heavy atom. The van der Waals surface area contributed by atoms with Crippen LogP contribution in [-0.2, 0) is 6.42 Å². The summed E-state index contributed by atoms with van der Waals surface area (Å²) in [6.07, 6.45) is 0.868. The summed E-state index contributed by atoms with van der Waals surface area (Å²) >= 11 is 7.37. The highest BCUT2D eigenvalue weighted by atomic mass is 79.9. The van der Waals surface area contributed by atoms with Crippen molar-refractivity contribution >= 4 is 42.8 Å². The van der Waals surface area contributed by atoms with Crippen molar-refractivity contribution in [3.63, 3.8) is 0 Å². The van der Waals surface area contributed by atoms with Gasteiger partial charge in [0, 0.05) is 26.8 Å². The van der Waals surface area contributed by atoms with E-state index in [1.807, 2.05) is 18.2 Å². The summed E-state index contributed by atoms with van der Waals surface area (Å²) in [5.74, 6) is 0. The van der Waals surface area contributed by atoms with Gasteiger partial charge in [0.05, 0.1) is 5.52 Å². The highest BCUT2D eigenvalue weighted by molar-refractivity contribution is 9.11. The predicted octanol–water partition coefficient (Wildman–Crippen LogP) is 5.68. The number of alkyl halides is 1. The Kier molecular flexibility index (Phi) is 4.18. The van der Waals surface area contributed by atoms with Crippen molar-refractivity contribution in [3.8, 4) is 0 Å². The number of hydrogen-bond donors (Lipinski definition) is 0. The van der Waals surface area contributed by atoms with Crippen molar-refractivity contribution < 1.29 is 0 Å². The van der Waals surface area contributed by atoms with Crippen LogP contribution in [-0.4, -0.2) is 4.98 Å². The molecule has 0 aliphatic carbocycles. The highest BCUT2D eigenvalue weighted by Gasteiger charge is 2.12. The van der Waals surface area contributed by atoms with Gasteiger partial charge in [-0.1, -0.05) is 74.3 Å². The first kappa shape index (κ1) is 13.8. The number of pyridine rings is 1. The molecule has 0 saturated heterocycles. The molecule has 3 heteroatoms. The summed E-state index contributed by atoms with van der Waals surface area (Å²) in [5, 5.41) is 1.18. The van der Waals surface area contributed by atoms with Gasteiger partial charge < -0.3 is 0 Å². The average Bonchev–Trinajstić information content (AvgIpc) is 2.47. The lowest BCUT2D eigenvalue weighted by atomic mass is 10.1. The summed E-state index contributed by atoms with van der Waals surface area (Å²) in [7, 11) is 0. The van der Waals surface area contributed by atoms with Crippen LogP contribution in [0.5, 0.6) is 0 Å². The van der Waals surface area contributed by atoms with E-state index in [9.17, 15) is 0 Å². The van der Waals surface area contributed by atoms with Gasteiger partial charge in [-0.05, 0) is 23.8 Å². The van der Waals surface area contributed by atoms with Crippen LogP contribution in [0.3, 0.4) is 0 Å². The van der Waals surface area contributed by atoms with Crippen LogP contribution in [0.25, 0.3) is 10.9 Å². The molecule has 100 valence electrons. The summed E-state index contributed by atoms with van der Waals surface area (Å²) in [4.78, 5) is 4.98. The fourth-order valence-electron chi connectivity index (χ4n) is 2.24. The molecule has 1 atom stereocenters. The predicted molar refractivity (Wildman–Crippen MR) is 91.3 cm³/mol. The van der Waals surface area contributed by atoms with E-state index in [4.69, 9.17) is 4.98 Å². The van der Waals surface area contributed by atoms with E-state index >= 15 is 0 Å². The molecular weight excluding hydrogens is 378 g/mol. The number of halogens is 2. The summed E-state index contributed by atoms with van der Waals surface area (Å²) in [6.45, 7) is 0. The zero-order valence-corrected chi connectivity index (χ0v) is 13.9. The first-order valence-electron chi connectivity index (χ1n) is 6.47. The van der Waals surface area contributed by atoms with Crippen LogP contribution in [0.4, 0.5) is 0 Å². The van der Waals surface area contributed by atoms with Gasteiger partial charge in [0.2, 0.25) is 0 Å². The molecule has 0 saturated carbocycles. The van der Waals surface area contributed by atoms with Crippen LogP contribution in [0.2, 0.25) is 0 Å². The quantitative estimate of drug-likeness (QED) is 0.524. The normalized spacial score (nSPS) is 12.5. The maximum absolute atomic E-state index is 4.73.